The number of carbonyl (C=O) groups excluding carboxylic acids is 1. The van der Waals surface area contributed by atoms with E-state index in [9.17, 15) is 18.0 Å². The third-order valence-electron chi connectivity index (χ3n) is 4.74. The fourth-order valence-corrected chi connectivity index (χ4v) is 3.20. The molecule has 1 aliphatic heterocycles. The van der Waals surface area contributed by atoms with E-state index in [1.807, 2.05) is 13.8 Å². The maximum Gasteiger partial charge on any atom is 0.416 e. The summed E-state index contributed by atoms with van der Waals surface area (Å²) in [5, 5.41) is 6.84. The normalized spacial score (nSPS) is 17.5. The van der Waals surface area contributed by atoms with E-state index >= 15 is 0 Å². The Hall–Kier alpha value is -2.42. The minimum Gasteiger partial charge on any atom is -0.352 e. The molecule has 152 valence electrons. The molecular weight excluding hydrogens is 373 g/mol. The number of nitrogens with zero attached hydrogens (tertiary/aromatic N) is 3. The molecule has 2 heterocycles. The highest BCUT2D eigenvalue weighted by Gasteiger charge is 2.30. The molecule has 1 aliphatic rings. The van der Waals surface area contributed by atoms with Crippen LogP contribution in [0.3, 0.4) is 0 Å². The first-order valence-corrected chi connectivity index (χ1v) is 9.21. The largest absolute Gasteiger partial charge is 0.416 e. The minimum absolute atomic E-state index is 0.0647. The van der Waals surface area contributed by atoms with Crippen molar-refractivity contribution in [3.8, 4) is 0 Å². The highest BCUT2D eigenvalue weighted by atomic mass is 19.4. The number of amides is 1. The molecule has 1 aromatic heterocycles. The Bertz CT molecular complexity index is 820. The van der Waals surface area contributed by atoms with Crippen molar-refractivity contribution in [3.05, 3.63) is 47.1 Å². The summed E-state index contributed by atoms with van der Waals surface area (Å²) in [6.45, 7) is 5.17. The number of carbonyl (C=O) groups is 1. The van der Waals surface area contributed by atoms with Crippen molar-refractivity contribution in [2.45, 2.75) is 57.9 Å². The Morgan fingerprint density at radius 3 is 2.79 bits per heavy atom. The number of hydrogen-bond donors (Lipinski definition) is 1. The van der Waals surface area contributed by atoms with Gasteiger partial charge in [-0.25, -0.2) is 0 Å². The van der Waals surface area contributed by atoms with Crippen LogP contribution in [0, 0.1) is 0 Å². The van der Waals surface area contributed by atoms with Crippen LogP contribution in [0.25, 0.3) is 0 Å². The van der Waals surface area contributed by atoms with Gasteiger partial charge in [-0.05, 0) is 31.9 Å². The SMILES string of the molecule is CC(C)N(Cc1nc(Cc2cccc(C(F)(F)F)c2)no1)C[C@@H]1CCC(=O)N1. The predicted octanol–water partition coefficient (Wildman–Crippen LogP) is 3.17. The molecule has 0 spiro atoms. The van der Waals surface area contributed by atoms with Gasteiger partial charge in [-0.15, -0.1) is 0 Å². The first-order chi connectivity index (χ1) is 13.2. The van der Waals surface area contributed by atoms with Gasteiger partial charge < -0.3 is 9.84 Å². The molecule has 0 saturated carbocycles. The zero-order valence-electron chi connectivity index (χ0n) is 15.8. The lowest BCUT2D eigenvalue weighted by Crippen LogP contribution is -2.41. The highest BCUT2D eigenvalue weighted by molar-refractivity contribution is 5.78. The molecule has 0 unspecified atom stereocenters. The van der Waals surface area contributed by atoms with E-state index in [4.69, 9.17) is 4.52 Å². The second kappa shape index (κ2) is 8.30. The van der Waals surface area contributed by atoms with Gasteiger partial charge in [0.1, 0.15) is 0 Å². The standard InChI is InChI=1S/C19H23F3N4O2/c1-12(2)26(10-15-6-7-17(27)23-15)11-18-24-16(25-28-18)9-13-4-3-5-14(8-13)19(20,21)22/h3-5,8,12,15H,6-7,9-11H2,1-2H3,(H,23,27)/t15-/m0/s1. The number of nitrogens with one attached hydrogen (secondary N) is 1. The van der Waals surface area contributed by atoms with Crippen LogP contribution in [0.15, 0.2) is 28.8 Å². The predicted molar refractivity (Wildman–Crippen MR) is 95.3 cm³/mol. The molecule has 1 N–H and O–H groups in total. The average molecular weight is 396 g/mol. The number of aromatic nitrogens is 2. The summed E-state index contributed by atoms with van der Waals surface area (Å²) >= 11 is 0. The van der Waals surface area contributed by atoms with Gasteiger partial charge in [0.05, 0.1) is 12.1 Å². The first-order valence-electron chi connectivity index (χ1n) is 9.21. The van der Waals surface area contributed by atoms with Gasteiger partial charge in [0.15, 0.2) is 5.82 Å². The molecular formula is C19H23F3N4O2. The lowest BCUT2D eigenvalue weighted by atomic mass is 10.1. The fraction of sp³-hybridized carbons (Fsp3) is 0.526. The number of alkyl halides is 3. The quantitative estimate of drug-likeness (QED) is 0.779. The van der Waals surface area contributed by atoms with Crippen LogP contribution in [0.4, 0.5) is 13.2 Å². The molecule has 2 aromatic rings. The van der Waals surface area contributed by atoms with Crippen molar-refractivity contribution < 1.29 is 22.5 Å². The summed E-state index contributed by atoms with van der Waals surface area (Å²) in [6, 6.07) is 5.41. The summed E-state index contributed by atoms with van der Waals surface area (Å²) in [6.07, 6.45) is -2.88. The summed E-state index contributed by atoms with van der Waals surface area (Å²) in [5.41, 5.74) is -0.227. The van der Waals surface area contributed by atoms with Crippen LogP contribution >= 0.6 is 0 Å². The van der Waals surface area contributed by atoms with Crippen molar-refractivity contribution >= 4 is 5.91 Å². The van der Waals surface area contributed by atoms with Crippen molar-refractivity contribution in [1.82, 2.24) is 20.4 Å². The lowest BCUT2D eigenvalue weighted by molar-refractivity contribution is -0.137. The topological polar surface area (TPSA) is 71.3 Å². The Labute approximate surface area is 161 Å². The van der Waals surface area contributed by atoms with E-state index in [2.05, 4.69) is 20.4 Å². The summed E-state index contributed by atoms with van der Waals surface area (Å²) in [4.78, 5) is 17.8. The molecule has 28 heavy (non-hydrogen) atoms. The van der Waals surface area contributed by atoms with E-state index < -0.39 is 11.7 Å². The highest BCUT2D eigenvalue weighted by Crippen LogP contribution is 2.29. The minimum atomic E-state index is -4.38. The van der Waals surface area contributed by atoms with Gasteiger partial charge in [-0.3, -0.25) is 9.69 Å². The second-order valence-electron chi connectivity index (χ2n) is 7.31. The van der Waals surface area contributed by atoms with Crippen LogP contribution in [0.1, 0.15) is 49.5 Å². The van der Waals surface area contributed by atoms with Gasteiger partial charge in [-0.2, -0.15) is 18.2 Å². The average Bonchev–Trinajstić information content (AvgIpc) is 3.22. The van der Waals surface area contributed by atoms with Crippen LogP contribution < -0.4 is 5.32 Å². The Morgan fingerprint density at radius 2 is 2.14 bits per heavy atom. The third-order valence-corrected chi connectivity index (χ3v) is 4.74. The summed E-state index contributed by atoms with van der Waals surface area (Å²) in [7, 11) is 0. The van der Waals surface area contributed by atoms with E-state index in [1.165, 1.54) is 6.07 Å². The molecule has 1 atom stereocenters. The molecule has 9 heteroatoms. The second-order valence-corrected chi connectivity index (χ2v) is 7.31. The van der Waals surface area contributed by atoms with Crippen LogP contribution in [-0.4, -0.2) is 39.6 Å². The number of benzene rings is 1. The summed E-state index contributed by atoms with van der Waals surface area (Å²) in [5.74, 6) is 0.807. The Balaban J connectivity index is 1.63. The van der Waals surface area contributed by atoms with Gasteiger partial charge in [0.2, 0.25) is 11.8 Å². The van der Waals surface area contributed by atoms with Crippen molar-refractivity contribution in [1.29, 1.82) is 0 Å². The molecule has 1 saturated heterocycles. The van der Waals surface area contributed by atoms with Crippen molar-refractivity contribution in [3.63, 3.8) is 0 Å². The summed E-state index contributed by atoms with van der Waals surface area (Å²) < 4.78 is 43.8. The van der Waals surface area contributed by atoms with E-state index in [1.54, 1.807) is 6.07 Å². The monoisotopic (exact) mass is 396 g/mol. The molecule has 3 rings (SSSR count). The molecule has 6 nitrogen and oxygen atoms in total. The van der Waals surface area contributed by atoms with Crippen molar-refractivity contribution in [2.75, 3.05) is 6.54 Å². The van der Waals surface area contributed by atoms with E-state index in [0.717, 1.165) is 18.6 Å². The van der Waals surface area contributed by atoms with E-state index in [-0.39, 0.29) is 24.4 Å². The molecule has 1 amide bonds. The molecule has 0 radical (unpaired) electrons. The molecule has 1 aromatic carbocycles. The number of halogens is 3. The van der Waals surface area contributed by atoms with Gasteiger partial charge in [-0.1, -0.05) is 23.4 Å². The first kappa shape index (κ1) is 20.3. The fourth-order valence-electron chi connectivity index (χ4n) is 3.20. The zero-order valence-corrected chi connectivity index (χ0v) is 15.8. The number of rotatable bonds is 7. The number of hydrogen-bond acceptors (Lipinski definition) is 5. The molecule has 0 bridgehead atoms. The van der Waals surface area contributed by atoms with Crippen molar-refractivity contribution in [2.24, 2.45) is 0 Å². The lowest BCUT2D eigenvalue weighted by Gasteiger charge is -2.27. The van der Waals surface area contributed by atoms with E-state index in [0.29, 0.717) is 36.8 Å². The van der Waals surface area contributed by atoms with Gasteiger partial charge in [0, 0.05) is 31.5 Å². The van der Waals surface area contributed by atoms with Crippen LogP contribution in [0.5, 0.6) is 0 Å². The molecule has 0 aliphatic carbocycles. The van der Waals surface area contributed by atoms with Gasteiger partial charge >= 0.3 is 6.18 Å². The smallest absolute Gasteiger partial charge is 0.352 e. The zero-order chi connectivity index (χ0) is 20.3. The van der Waals surface area contributed by atoms with Crippen LogP contribution in [0.2, 0.25) is 0 Å². The van der Waals surface area contributed by atoms with Gasteiger partial charge in [0.25, 0.3) is 0 Å². The third kappa shape index (κ3) is 5.31. The maximum absolute atomic E-state index is 12.8. The molecule has 1 fully saturated rings. The Morgan fingerprint density at radius 1 is 1.36 bits per heavy atom. The Kier molecular flexibility index (Phi) is 6.02. The van der Waals surface area contributed by atoms with Crippen LogP contribution in [-0.2, 0) is 23.9 Å². The maximum atomic E-state index is 12.8.